The van der Waals surface area contributed by atoms with Crippen molar-refractivity contribution in [2.24, 2.45) is 23.7 Å². The molecule has 5 rings (SSSR count). The van der Waals surface area contributed by atoms with Gasteiger partial charge in [0.15, 0.2) is 0 Å². The molecule has 0 saturated heterocycles. The third kappa shape index (κ3) is 1.72. The molecular weight excluding hydrogens is 227 g/mol. The lowest BCUT2D eigenvalue weighted by Gasteiger charge is -2.54. The first kappa shape index (κ1) is 10.8. The summed E-state index contributed by atoms with van der Waals surface area (Å²) in [7, 11) is 0. The van der Waals surface area contributed by atoms with Crippen LogP contribution >= 0.6 is 0 Å². The average Bonchev–Trinajstić information content (AvgIpc) is 2.33. The van der Waals surface area contributed by atoms with Crippen LogP contribution in [0.5, 0.6) is 0 Å². The highest BCUT2D eigenvalue weighted by molar-refractivity contribution is 5.36. The second-order valence-electron chi connectivity index (χ2n) is 6.45. The third-order valence-electron chi connectivity index (χ3n) is 5.26. The molecule has 4 saturated carbocycles. The Kier molecular flexibility index (Phi) is 2.36. The summed E-state index contributed by atoms with van der Waals surface area (Å²) in [6, 6.07) is 5.56. The van der Waals surface area contributed by atoms with Gasteiger partial charge < -0.3 is 5.32 Å². The topological polar surface area (TPSA) is 24.9 Å². The zero-order chi connectivity index (χ0) is 12.1. The molecule has 18 heavy (non-hydrogen) atoms. The first-order valence-corrected chi connectivity index (χ1v) is 7.17. The van der Waals surface area contributed by atoms with Gasteiger partial charge in [0.2, 0.25) is 5.95 Å². The predicted octanol–water partition coefficient (Wildman–Crippen LogP) is 3.46. The van der Waals surface area contributed by atoms with Crippen molar-refractivity contribution in [2.75, 3.05) is 5.32 Å². The monoisotopic (exact) mass is 246 g/mol. The number of anilines is 1. The minimum atomic E-state index is -0.385. The minimum Gasteiger partial charge on any atom is -0.367 e. The molecular formula is C15H19FN2. The van der Waals surface area contributed by atoms with Crippen molar-refractivity contribution >= 4 is 5.82 Å². The van der Waals surface area contributed by atoms with Gasteiger partial charge >= 0.3 is 0 Å². The molecule has 0 radical (unpaired) electrons. The molecule has 96 valence electrons. The lowest BCUT2D eigenvalue weighted by molar-refractivity contribution is 0.00739. The van der Waals surface area contributed by atoms with Crippen molar-refractivity contribution in [1.82, 2.24) is 4.98 Å². The first-order chi connectivity index (χ1) is 8.78. The van der Waals surface area contributed by atoms with Gasteiger partial charge in [0.25, 0.3) is 0 Å². The molecule has 0 aliphatic heterocycles. The van der Waals surface area contributed by atoms with Gasteiger partial charge in [-0.25, -0.2) is 4.98 Å². The molecule has 0 unspecified atom stereocenters. The number of halogens is 1. The van der Waals surface area contributed by atoms with Gasteiger partial charge in [0, 0.05) is 6.04 Å². The first-order valence-electron chi connectivity index (χ1n) is 7.17. The zero-order valence-corrected chi connectivity index (χ0v) is 10.5. The second kappa shape index (κ2) is 3.94. The largest absolute Gasteiger partial charge is 0.367 e. The molecule has 3 heteroatoms. The fourth-order valence-electron chi connectivity index (χ4n) is 4.82. The Balaban J connectivity index is 1.55. The van der Waals surface area contributed by atoms with Crippen molar-refractivity contribution in [2.45, 2.75) is 38.1 Å². The second-order valence-corrected chi connectivity index (χ2v) is 6.45. The van der Waals surface area contributed by atoms with E-state index in [2.05, 4.69) is 10.3 Å². The summed E-state index contributed by atoms with van der Waals surface area (Å²) in [6.45, 7) is 0. The summed E-state index contributed by atoms with van der Waals surface area (Å²) in [5, 5.41) is 3.51. The van der Waals surface area contributed by atoms with Gasteiger partial charge in [0.1, 0.15) is 5.82 Å². The van der Waals surface area contributed by atoms with Crippen LogP contribution in [0, 0.1) is 29.6 Å². The Bertz CT molecular complexity index is 432. The van der Waals surface area contributed by atoms with Gasteiger partial charge in [-0.2, -0.15) is 4.39 Å². The van der Waals surface area contributed by atoms with E-state index in [1.165, 1.54) is 38.2 Å². The van der Waals surface area contributed by atoms with E-state index < -0.39 is 0 Å². The number of nitrogens with zero attached hydrogens (tertiary/aromatic N) is 1. The maximum atomic E-state index is 13.1. The summed E-state index contributed by atoms with van der Waals surface area (Å²) < 4.78 is 13.1. The molecule has 0 atom stereocenters. The van der Waals surface area contributed by atoms with Crippen LogP contribution in [0.2, 0.25) is 0 Å². The Morgan fingerprint density at radius 1 is 1.00 bits per heavy atom. The predicted molar refractivity (Wildman–Crippen MR) is 68.7 cm³/mol. The lowest BCUT2D eigenvalue weighted by Crippen LogP contribution is -2.51. The molecule has 0 amide bonds. The maximum Gasteiger partial charge on any atom is 0.214 e. The van der Waals surface area contributed by atoms with Crippen LogP contribution in [-0.2, 0) is 0 Å². The number of aromatic nitrogens is 1. The molecule has 0 spiro atoms. The van der Waals surface area contributed by atoms with Crippen LogP contribution in [0.4, 0.5) is 10.2 Å². The highest BCUT2D eigenvalue weighted by Gasteiger charge is 2.48. The molecule has 4 fully saturated rings. The Hall–Kier alpha value is -1.12. The minimum absolute atomic E-state index is 0.385. The lowest BCUT2D eigenvalue weighted by atomic mass is 9.54. The van der Waals surface area contributed by atoms with Gasteiger partial charge in [-0.3, -0.25) is 0 Å². The molecule has 4 bridgehead atoms. The van der Waals surface area contributed by atoms with Gasteiger partial charge in [-0.15, -0.1) is 0 Å². The molecule has 1 N–H and O–H groups in total. The van der Waals surface area contributed by atoms with Gasteiger partial charge in [-0.1, -0.05) is 6.07 Å². The zero-order valence-electron chi connectivity index (χ0n) is 10.5. The number of rotatable bonds is 2. The summed E-state index contributed by atoms with van der Waals surface area (Å²) in [5.74, 6) is 3.88. The number of pyridine rings is 1. The number of nitrogens with one attached hydrogen (secondary N) is 1. The summed E-state index contributed by atoms with van der Waals surface area (Å²) in [6.07, 6.45) is 6.97. The van der Waals surface area contributed by atoms with Crippen LogP contribution in [0.1, 0.15) is 32.1 Å². The molecule has 1 heterocycles. The van der Waals surface area contributed by atoms with Crippen molar-refractivity contribution in [1.29, 1.82) is 0 Å². The van der Waals surface area contributed by atoms with Crippen molar-refractivity contribution in [3.63, 3.8) is 0 Å². The smallest absolute Gasteiger partial charge is 0.214 e. The standard InChI is InChI=1S/C15H19FN2/c16-13-2-1-3-14(17-13)18-15-11-5-9-4-10(7-11)8-12(15)6-9/h1-3,9-12,15H,4-8H2,(H,17,18). The SMILES string of the molecule is Fc1cccc(NC2C3CC4CC(C3)CC2C4)n1. The van der Waals surface area contributed by atoms with E-state index in [1.807, 2.05) is 6.07 Å². The van der Waals surface area contributed by atoms with Crippen molar-refractivity contribution in [3.05, 3.63) is 24.1 Å². The van der Waals surface area contributed by atoms with E-state index >= 15 is 0 Å². The Morgan fingerprint density at radius 3 is 2.28 bits per heavy atom. The van der Waals surface area contributed by atoms with E-state index in [0.29, 0.717) is 11.9 Å². The summed E-state index contributed by atoms with van der Waals surface area (Å²) >= 11 is 0. The Labute approximate surface area is 107 Å². The molecule has 1 aromatic heterocycles. The molecule has 4 aliphatic rings. The summed E-state index contributed by atoms with van der Waals surface area (Å²) in [4.78, 5) is 3.95. The highest BCUT2D eigenvalue weighted by atomic mass is 19.1. The van der Waals surface area contributed by atoms with E-state index in [4.69, 9.17) is 0 Å². The summed E-state index contributed by atoms with van der Waals surface area (Å²) in [5.41, 5.74) is 0. The highest BCUT2D eigenvalue weighted by Crippen LogP contribution is 2.54. The van der Waals surface area contributed by atoms with Crippen LogP contribution in [0.15, 0.2) is 18.2 Å². The van der Waals surface area contributed by atoms with E-state index in [0.717, 1.165) is 23.7 Å². The van der Waals surface area contributed by atoms with E-state index in [1.54, 1.807) is 6.07 Å². The third-order valence-corrected chi connectivity index (χ3v) is 5.26. The van der Waals surface area contributed by atoms with Crippen LogP contribution in [0.25, 0.3) is 0 Å². The fraction of sp³-hybridized carbons (Fsp3) is 0.667. The molecule has 1 aromatic rings. The normalized spacial score (nSPS) is 41.1. The van der Waals surface area contributed by atoms with Gasteiger partial charge in [0.05, 0.1) is 0 Å². The molecule has 2 nitrogen and oxygen atoms in total. The van der Waals surface area contributed by atoms with E-state index in [-0.39, 0.29) is 5.95 Å². The number of hydrogen-bond acceptors (Lipinski definition) is 2. The van der Waals surface area contributed by atoms with Crippen LogP contribution in [-0.4, -0.2) is 11.0 Å². The van der Waals surface area contributed by atoms with Crippen molar-refractivity contribution in [3.8, 4) is 0 Å². The fourth-order valence-corrected chi connectivity index (χ4v) is 4.82. The quantitative estimate of drug-likeness (QED) is 0.808. The number of hydrogen-bond donors (Lipinski definition) is 1. The molecule has 4 aliphatic carbocycles. The van der Waals surface area contributed by atoms with Crippen LogP contribution < -0.4 is 5.32 Å². The van der Waals surface area contributed by atoms with Crippen molar-refractivity contribution < 1.29 is 4.39 Å². The molecule has 0 aromatic carbocycles. The Morgan fingerprint density at radius 2 is 1.67 bits per heavy atom. The average molecular weight is 246 g/mol. The van der Waals surface area contributed by atoms with E-state index in [9.17, 15) is 4.39 Å². The van der Waals surface area contributed by atoms with Crippen LogP contribution in [0.3, 0.4) is 0 Å². The van der Waals surface area contributed by atoms with Gasteiger partial charge in [-0.05, 0) is 67.9 Å². The maximum absolute atomic E-state index is 13.1.